The molecule has 0 aromatic rings. The maximum Gasteiger partial charge on any atom is 1.00 e. The summed E-state index contributed by atoms with van der Waals surface area (Å²) in [7, 11) is -2.21. The van der Waals surface area contributed by atoms with Crippen molar-refractivity contribution in [2.45, 2.75) is 39.3 Å². The zero-order valence-corrected chi connectivity index (χ0v) is 14.6. The molecule has 0 atom stereocenters. The molecular weight excluding hydrogens is 188 g/mol. The number of hydrogen-bond donors (Lipinski definition) is 0. The molecule has 0 saturated carbocycles. The molecule has 0 heterocycles. The molecule has 0 aliphatic heterocycles. The molecule has 0 saturated heterocycles. The van der Waals surface area contributed by atoms with Crippen LogP contribution >= 0.6 is 0 Å². The van der Waals surface area contributed by atoms with E-state index < -0.39 is 16.5 Å². The average Bonchev–Trinajstić information content (AvgIpc) is 1.14. The third-order valence-corrected chi connectivity index (χ3v) is 6.04. The van der Waals surface area contributed by atoms with Crippen LogP contribution in [-0.4, -0.2) is 16.5 Å². The van der Waals surface area contributed by atoms with Gasteiger partial charge in [-0.2, -0.15) is 0 Å². The fraction of sp³-hybridized carbons (Fsp3) is 1.00. The first-order chi connectivity index (χ1) is 3.71. The standard InChI is InChI=1S/C6H18NSi2.K.Li/c1-8(2,3)7-9(4,5)6;;/h1-6H3;;/q-1;2*+1. The largest absolute Gasteiger partial charge is 1.00 e. The first-order valence-corrected chi connectivity index (χ1v) is 10.3. The summed E-state index contributed by atoms with van der Waals surface area (Å²) < 4.78 is 4.82. The van der Waals surface area contributed by atoms with Gasteiger partial charge in [-0.05, 0) is 0 Å². The summed E-state index contributed by atoms with van der Waals surface area (Å²) in [4.78, 5) is 0. The van der Waals surface area contributed by atoms with Crippen molar-refractivity contribution >= 4 is 16.5 Å². The zero-order valence-electron chi connectivity index (χ0n) is 9.45. The van der Waals surface area contributed by atoms with Crippen LogP contribution in [0.5, 0.6) is 0 Å². The maximum atomic E-state index is 4.82. The van der Waals surface area contributed by atoms with Crippen molar-refractivity contribution in [2.75, 3.05) is 0 Å². The van der Waals surface area contributed by atoms with Crippen LogP contribution in [0.15, 0.2) is 0 Å². The Morgan fingerprint density at radius 3 is 0.909 bits per heavy atom. The van der Waals surface area contributed by atoms with E-state index in [0.29, 0.717) is 0 Å². The van der Waals surface area contributed by atoms with Gasteiger partial charge in [0.25, 0.3) is 0 Å². The third kappa shape index (κ3) is 19.2. The second-order valence-electron chi connectivity index (χ2n) is 4.45. The van der Waals surface area contributed by atoms with Gasteiger partial charge in [-0.25, -0.2) is 0 Å². The van der Waals surface area contributed by atoms with Gasteiger partial charge in [-0.1, -0.05) is 55.8 Å². The monoisotopic (exact) mass is 206 g/mol. The Hall–Kier alpha value is 2.63. The van der Waals surface area contributed by atoms with E-state index in [2.05, 4.69) is 39.3 Å². The minimum atomic E-state index is -1.11. The van der Waals surface area contributed by atoms with Crippen molar-refractivity contribution in [3.8, 4) is 0 Å². The van der Waals surface area contributed by atoms with Crippen LogP contribution in [0.25, 0.3) is 4.65 Å². The smallest absolute Gasteiger partial charge is 0.668 e. The first kappa shape index (κ1) is 19.2. The second-order valence-corrected chi connectivity index (χ2v) is 14.0. The van der Waals surface area contributed by atoms with E-state index in [9.17, 15) is 0 Å². The van der Waals surface area contributed by atoms with E-state index in [4.69, 9.17) is 4.65 Å². The van der Waals surface area contributed by atoms with Gasteiger partial charge in [0, 0.05) is 0 Å². The molecule has 0 aromatic carbocycles. The van der Waals surface area contributed by atoms with E-state index in [1.165, 1.54) is 0 Å². The van der Waals surface area contributed by atoms with E-state index in [1.807, 2.05) is 0 Å². The maximum absolute atomic E-state index is 4.82. The molecule has 0 aliphatic carbocycles. The Morgan fingerprint density at radius 1 is 0.727 bits per heavy atom. The van der Waals surface area contributed by atoms with Crippen molar-refractivity contribution in [2.24, 2.45) is 0 Å². The van der Waals surface area contributed by atoms with E-state index in [-0.39, 0.29) is 70.2 Å². The van der Waals surface area contributed by atoms with Gasteiger partial charge in [-0.15, -0.1) is 0 Å². The van der Waals surface area contributed by atoms with E-state index in [1.54, 1.807) is 0 Å². The first-order valence-electron chi connectivity index (χ1n) is 3.45. The summed E-state index contributed by atoms with van der Waals surface area (Å²) in [5.74, 6) is 0. The summed E-state index contributed by atoms with van der Waals surface area (Å²) in [5.41, 5.74) is 0. The third-order valence-electron chi connectivity index (χ3n) is 0.671. The van der Waals surface area contributed by atoms with Crippen LogP contribution in [0, 0.1) is 0 Å². The van der Waals surface area contributed by atoms with Crippen LogP contribution in [0.3, 0.4) is 0 Å². The van der Waals surface area contributed by atoms with Gasteiger partial charge in [0.05, 0.1) is 0 Å². The molecule has 0 radical (unpaired) electrons. The minimum Gasteiger partial charge on any atom is -0.668 e. The summed E-state index contributed by atoms with van der Waals surface area (Å²) in [6.07, 6.45) is 0. The van der Waals surface area contributed by atoms with Crippen molar-refractivity contribution in [1.82, 2.24) is 0 Å². The SMILES string of the molecule is C[Si](C)(C)[N-][Si](C)(C)C.[K+].[Li+]. The number of hydrogen-bond acceptors (Lipinski definition) is 0. The average molecular weight is 206 g/mol. The van der Waals surface area contributed by atoms with Gasteiger partial charge in [0.2, 0.25) is 0 Å². The zero-order chi connectivity index (χ0) is 7.71. The molecule has 11 heavy (non-hydrogen) atoms. The predicted octanol–water partition coefficient (Wildman–Crippen LogP) is -2.96. The molecule has 0 aliphatic rings. The molecule has 0 rings (SSSR count). The van der Waals surface area contributed by atoms with Crippen molar-refractivity contribution in [3.05, 3.63) is 4.65 Å². The molecule has 0 bridgehead atoms. The van der Waals surface area contributed by atoms with Gasteiger partial charge in [-0.3, -0.25) is 0 Å². The van der Waals surface area contributed by atoms with Gasteiger partial charge < -0.3 is 4.65 Å². The summed E-state index contributed by atoms with van der Waals surface area (Å²) in [6.45, 7) is 13.8. The van der Waals surface area contributed by atoms with Gasteiger partial charge in [0.15, 0.2) is 0 Å². The fourth-order valence-corrected chi connectivity index (χ4v) is 9.06. The Morgan fingerprint density at radius 2 is 0.909 bits per heavy atom. The van der Waals surface area contributed by atoms with Gasteiger partial charge >= 0.3 is 70.2 Å². The van der Waals surface area contributed by atoms with E-state index in [0.717, 1.165) is 0 Å². The molecule has 0 aromatic heterocycles. The molecule has 0 N–H and O–H groups in total. The molecular formula is C6H18KLiNSi2+. The normalized spacial score (nSPS) is 11.5. The van der Waals surface area contributed by atoms with Crippen molar-refractivity contribution < 1.29 is 70.2 Å². The van der Waals surface area contributed by atoms with Gasteiger partial charge in [0.1, 0.15) is 0 Å². The summed E-state index contributed by atoms with van der Waals surface area (Å²) >= 11 is 0. The van der Waals surface area contributed by atoms with Crippen molar-refractivity contribution in [1.29, 1.82) is 0 Å². The number of rotatable bonds is 2. The van der Waals surface area contributed by atoms with E-state index >= 15 is 0 Å². The van der Waals surface area contributed by atoms with Crippen LogP contribution in [0.2, 0.25) is 39.3 Å². The molecule has 0 unspecified atom stereocenters. The van der Waals surface area contributed by atoms with Crippen LogP contribution in [-0.2, 0) is 0 Å². The molecule has 1 nitrogen and oxygen atoms in total. The molecule has 0 spiro atoms. The minimum absolute atomic E-state index is 0. The topological polar surface area (TPSA) is 14.1 Å². The van der Waals surface area contributed by atoms with Crippen LogP contribution in [0.4, 0.5) is 0 Å². The Balaban J connectivity index is -0.000000320. The predicted molar refractivity (Wildman–Crippen MR) is 50.1 cm³/mol. The van der Waals surface area contributed by atoms with Crippen molar-refractivity contribution in [3.63, 3.8) is 0 Å². The second kappa shape index (κ2) is 6.99. The van der Waals surface area contributed by atoms with Crippen LogP contribution < -0.4 is 70.2 Å². The molecule has 0 amide bonds. The number of nitrogens with zero attached hydrogens (tertiary/aromatic N) is 1. The Kier molecular flexibility index (Phi) is 12.2. The Labute approximate surface area is 128 Å². The quantitative estimate of drug-likeness (QED) is 0.429. The molecule has 0 fully saturated rings. The molecule has 56 valence electrons. The fourth-order valence-electron chi connectivity index (χ4n) is 1.01. The summed E-state index contributed by atoms with van der Waals surface area (Å²) in [6, 6.07) is 0. The molecule has 5 heteroatoms. The van der Waals surface area contributed by atoms with Crippen LogP contribution in [0.1, 0.15) is 0 Å². The summed E-state index contributed by atoms with van der Waals surface area (Å²) in [5, 5.41) is 0. The Bertz CT molecular complexity index is 85.7.